The van der Waals surface area contributed by atoms with Gasteiger partial charge in [-0.1, -0.05) is 0 Å². The Morgan fingerprint density at radius 1 is 1.70 bits per heavy atom. The van der Waals surface area contributed by atoms with E-state index in [2.05, 4.69) is 4.18 Å². The Morgan fingerprint density at radius 3 is 2.50 bits per heavy atom. The lowest BCUT2D eigenvalue weighted by Crippen LogP contribution is -2.25. The highest BCUT2D eigenvalue weighted by atomic mass is 32.2. The molecular formula is C3H7NO5S. The van der Waals surface area contributed by atoms with Crippen LogP contribution in [0, 0.1) is 0 Å². The molecule has 0 bridgehead atoms. The van der Waals surface area contributed by atoms with Gasteiger partial charge in [-0.05, 0) is 0 Å². The molecule has 0 fully saturated rings. The number of hydrogen-bond acceptors (Lipinski definition) is 5. The molecule has 0 radical (unpaired) electrons. The summed E-state index contributed by atoms with van der Waals surface area (Å²) in [5.41, 5.74) is 0. The minimum atomic E-state index is -3.99. The second-order valence-electron chi connectivity index (χ2n) is 1.27. The molecule has 0 aromatic carbocycles. The van der Waals surface area contributed by atoms with Gasteiger partial charge in [-0.3, -0.25) is 0 Å². The van der Waals surface area contributed by atoms with Crippen LogP contribution in [0.1, 0.15) is 0 Å². The summed E-state index contributed by atoms with van der Waals surface area (Å²) in [5.74, 6) is -1.21. The van der Waals surface area contributed by atoms with Crippen molar-refractivity contribution in [1.29, 1.82) is 0 Å². The molecular weight excluding hydrogens is 162 g/mol. The summed E-state index contributed by atoms with van der Waals surface area (Å²) in [6.07, 6.45) is 0. The maximum Gasteiger partial charge on any atom is 0.384 e. The quantitative estimate of drug-likeness (QED) is 0.509. The van der Waals surface area contributed by atoms with E-state index in [-0.39, 0.29) is 0 Å². The molecule has 0 aliphatic carbocycles. The Balaban J connectivity index is 4.03. The van der Waals surface area contributed by atoms with Crippen molar-refractivity contribution in [1.82, 2.24) is 4.72 Å². The molecule has 0 aliphatic rings. The number of carbonyl (C=O) groups excluding carboxylic acids is 1. The zero-order valence-corrected chi connectivity index (χ0v) is 6.01. The van der Waals surface area contributed by atoms with E-state index in [9.17, 15) is 13.2 Å². The molecule has 0 aromatic heterocycles. The van der Waals surface area contributed by atoms with Gasteiger partial charge in [-0.25, -0.2) is 4.79 Å². The van der Waals surface area contributed by atoms with Crippen molar-refractivity contribution >= 4 is 16.3 Å². The molecule has 0 amide bonds. The van der Waals surface area contributed by atoms with E-state index in [0.717, 1.165) is 7.05 Å². The number of aliphatic hydroxyl groups is 1. The molecule has 0 heterocycles. The smallest absolute Gasteiger partial charge is 0.384 e. The van der Waals surface area contributed by atoms with Crippen LogP contribution in [0.15, 0.2) is 0 Å². The van der Waals surface area contributed by atoms with Gasteiger partial charge >= 0.3 is 16.3 Å². The van der Waals surface area contributed by atoms with E-state index >= 15 is 0 Å². The monoisotopic (exact) mass is 169 g/mol. The average Bonchev–Trinajstić information content (AvgIpc) is 1.87. The first kappa shape index (κ1) is 9.34. The van der Waals surface area contributed by atoms with Crippen molar-refractivity contribution in [3.05, 3.63) is 0 Å². The van der Waals surface area contributed by atoms with Crippen LogP contribution in [0.3, 0.4) is 0 Å². The maximum atomic E-state index is 10.3. The Labute approximate surface area is 58.1 Å². The van der Waals surface area contributed by atoms with Crippen molar-refractivity contribution in [2.75, 3.05) is 13.7 Å². The molecule has 0 saturated carbocycles. The molecule has 60 valence electrons. The van der Waals surface area contributed by atoms with Crippen LogP contribution in [0.4, 0.5) is 0 Å². The van der Waals surface area contributed by atoms with Crippen molar-refractivity contribution in [2.24, 2.45) is 0 Å². The zero-order valence-electron chi connectivity index (χ0n) is 5.20. The van der Waals surface area contributed by atoms with Crippen LogP contribution in [-0.4, -0.2) is 33.1 Å². The SMILES string of the molecule is CNS(=O)(=O)OC(=O)CO. The van der Waals surface area contributed by atoms with Crippen LogP contribution in [-0.2, 0) is 19.3 Å². The lowest BCUT2D eigenvalue weighted by atomic mass is 10.8. The Morgan fingerprint density at radius 2 is 2.20 bits per heavy atom. The number of aliphatic hydroxyl groups excluding tert-OH is 1. The molecule has 7 heteroatoms. The predicted molar refractivity (Wildman–Crippen MR) is 31.2 cm³/mol. The van der Waals surface area contributed by atoms with Gasteiger partial charge in [-0.2, -0.15) is 13.1 Å². The van der Waals surface area contributed by atoms with Gasteiger partial charge in [0, 0.05) is 7.05 Å². The normalized spacial score (nSPS) is 11.0. The highest BCUT2D eigenvalue weighted by Gasteiger charge is 2.12. The first-order valence-corrected chi connectivity index (χ1v) is 3.69. The van der Waals surface area contributed by atoms with Crippen molar-refractivity contribution in [2.45, 2.75) is 0 Å². The topological polar surface area (TPSA) is 92.7 Å². The highest BCUT2D eigenvalue weighted by molar-refractivity contribution is 7.85. The third-order valence-corrected chi connectivity index (χ3v) is 1.49. The molecule has 0 rings (SSSR count). The molecule has 2 N–H and O–H groups in total. The van der Waals surface area contributed by atoms with E-state index in [0.29, 0.717) is 0 Å². The molecule has 6 nitrogen and oxygen atoms in total. The summed E-state index contributed by atoms with van der Waals surface area (Å²) in [5, 5.41) is 8.03. The highest BCUT2D eigenvalue weighted by Crippen LogP contribution is 1.85. The minimum Gasteiger partial charge on any atom is -0.385 e. The summed E-state index contributed by atoms with van der Waals surface area (Å²) in [7, 11) is -2.91. The summed E-state index contributed by atoms with van der Waals surface area (Å²) in [6, 6.07) is 0. The lowest BCUT2D eigenvalue weighted by Gasteiger charge is -1.99. The second-order valence-corrected chi connectivity index (χ2v) is 2.75. The standard InChI is InChI=1S/C3H7NO5S/c1-4-10(7,8)9-3(6)2-5/h4-5H,2H2,1H3. The number of hydrogen-bond donors (Lipinski definition) is 2. The fourth-order valence-electron chi connectivity index (χ4n) is 0.190. The van der Waals surface area contributed by atoms with Gasteiger partial charge in [0.05, 0.1) is 0 Å². The Hall–Kier alpha value is -0.660. The molecule has 0 spiro atoms. The lowest BCUT2D eigenvalue weighted by molar-refractivity contribution is -0.136. The Kier molecular flexibility index (Phi) is 3.26. The molecule has 0 aliphatic heterocycles. The van der Waals surface area contributed by atoms with Gasteiger partial charge in [0.1, 0.15) is 6.61 Å². The fourth-order valence-corrected chi connectivity index (χ4v) is 0.571. The van der Waals surface area contributed by atoms with Gasteiger partial charge in [0.25, 0.3) is 0 Å². The average molecular weight is 169 g/mol. The van der Waals surface area contributed by atoms with Crippen LogP contribution in [0.5, 0.6) is 0 Å². The third kappa shape index (κ3) is 3.38. The van der Waals surface area contributed by atoms with E-state index < -0.39 is 22.9 Å². The Bertz CT molecular complexity index is 207. The first-order chi connectivity index (χ1) is 4.52. The molecule has 0 saturated heterocycles. The number of nitrogens with one attached hydrogen (secondary N) is 1. The van der Waals surface area contributed by atoms with Gasteiger partial charge in [-0.15, -0.1) is 0 Å². The molecule has 0 atom stereocenters. The second kappa shape index (κ2) is 3.49. The predicted octanol–water partition coefficient (Wildman–Crippen LogP) is -2.01. The molecule has 0 aromatic rings. The summed E-state index contributed by atoms with van der Waals surface area (Å²) >= 11 is 0. The molecule has 10 heavy (non-hydrogen) atoms. The van der Waals surface area contributed by atoms with E-state index in [1.165, 1.54) is 0 Å². The van der Waals surface area contributed by atoms with Crippen LogP contribution in [0.25, 0.3) is 0 Å². The maximum absolute atomic E-state index is 10.3. The van der Waals surface area contributed by atoms with E-state index in [1.54, 1.807) is 4.72 Å². The van der Waals surface area contributed by atoms with Gasteiger partial charge in [0.2, 0.25) is 0 Å². The summed E-state index contributed by atoms with van der Waals surface area (Å²) < 4.78 is 26.0. The van der Waals surface area contributed by atoms with E-state index in [4.69, 9.17) is 5.11 Å². The molecule has 0 unspecified atom stereocenters. The largest absolute Gasteiger partial charge is 0.385 e. The number of carbonyl (C=O) groups is 1. The van der Waals surface area contributed by atoms with Crippen LogP contribution < -0.4 is 4.72 Å². The van der Waals surface area contributed by atoms with Gasteiger partial charge < -0.3 is 9.29 Å². The van der Waals surface area contributed by atoms with Crippen molar-refractivity contribution in [3.63, 3.8) is 0 Å². The first-order valence-electron chi connectivity index (χ1n) is 2.28. The third-order valence-electron chi connectivity index (χ3n) is 0.582. The fraction of sp³-hybridized carbons (Fsp3) is 0.667. The minimum absolute atomic E-state index is 0.957. The van der Waals surface area contributed by atoms with Crippen molar-refractivity contribution in [3.8, 4) is 0 Å². The van der Waals surface area contributed by atoms with Crippen LogP contribution >= 0.6 is 0 Å². The number of rotatable bonds is 3. The van der Waals surface area contributed by atoms with Crippen LogP contribution in [0.2, 0.25) is 0 Å². The summed E-state index contributed by atoms with van der Waals surface area (Å²) in [6.45, 7) is -0.957. The van der Waals surface area contributed by atoms with Crippen molar-refractivity contribution < 1.29 is 22.5 Å². The summed E-state index contributed by atoms with van der Waals surface area (Å²) in [4.78, 5) is 10.1. The zero-order chi connectivity index (χ0) is 8.20. The van der Waals surface area contributed by atoms with Gasteiger partial charge in [0.15, 0.2) is 0 Å². The van der Waals surface area contributed by atoms with E-state index in [1.807, 2.05) is 0 Å².